The fourth-order valence-electron chi connectivity index (χ4n) is 6.96. The third kappa shape index (κ3) is 8.12. The number of carboxylic acid groups (broad SMARTS) is 1. The number of alkyl halides is 7. The van der Waals surface area contributed by atoms with Gasteiger partial charge in [0.15, 0.2) is 0 Å². The molecule has 0 aliphatic carbocycles. The predicted octanol–water partition coefficient (Wildman–Crippen LogP) is 6.77. The minimum absolute atomic E-state index is 0.354. The molecule has 0 unspecified atom stereocenters. The van der Waals surface area contributed by atoms with Crippen molar-refractivity contribution in [2.45, 2.75) is 63.2 Å². The highest BCUT2D eigenvalue weighted by atomic mass is 19.4. The number of hydrogen-bond acceptors (Lipinski definition) is 5. The van der Waals surface area contributed by atoms with E-state index in [1.165, 1.54) is 0 Å². The second-order valence-corrected chi connectivity index (χ2v) is 12.8. The predicted molar refractivity (Wildman–Crippen MR) is 169 cm³/mol. The number of benzene rings is 3. The Hall–Kier alpha value is -3.91. The number of piperidine rings is 2. The van der Waals surface area contributed by atoms with Crippen LogP contribution in [0.1, 0.15) is 36.8 Å². The molecule has 5 rings (SSSR count). The number of carboxylic acids is 1. The second kappa shape index (κ2) is 14.5. The lowest BCUT2D eigenvalue weighted by atomic mass is 9.76. The van der Waals surface area contributed by atoms with E-state index in [4.69, 9.17) is 4.74 Å². The Bertz CT molecular complexity index is 1650. The number of nitrogens with one attached hydrogen (secondary N) is 1. The molecule has 0 radical (unpaired) electrons. The Labute approximate surface area is 279 Å². The molecule has 1 amide bonds. The summed E-state index contributed by atoms with van der Waals surface area (Å²) in [5.41, 5.74) is -0.0838. The lowest BCUT2D eigenvalue weighted by Gasteiger charge is -2.42. The van der Waals surface area contributed by atoms with Gasteiger partial charge in [-0.15, -0.1) is 0 Å². The summed E-state index contributed by atoms with van der Waals surface area (Å²) in [5, 5.41) is 13.5. The third-order valence-corrected chi connectivity index (χ3v) is 9.64. The van der Waals surface area contributed by atoms with Crippen LogP contribution in [0.3, 0.4) is 0 Å². The van der Waals surface area contributed by atoms with Crippen molar-refractivity contribution in [2.75, 3.05) is 39.8 Å². The molecule has 7 nitrogen and oxygen atoms in total. The molecule has 3 aromatic carbocycles. The van der Waals surface area contributed by atoms with Crippen LogP contribution in [0, 0.1) is 5.41 Å². The highest BCUT2D eigenvalue weighted by Gasteiger charge is 2.61. The summed E-state index contributed by atoms with van der Waals surface area (Å²) in [4.78, 5) is 28.6. The summed E-state index contributed by atoms with van der Waals surface area (Å²) in [7, 11) is 1.54. The molecule has 2 aliphatic heterocycles. The zero-order valence-corrected chi connectivity index (χ0v) is 26.8. The number of hydrogen-bond donors (Lipinski definition) is 2. The molecule has 2 saturated heterocycles. The zero-order chi connectivity index (χ0) is 35.6. The number of halogens is 7. The first kappa shape index (κ1) is 36.4. The van der Waals surface area contributed by atoms with E-state index in [1.807, 2.05) is 30.3 Å². The van der Waals surface area contributed by atoms with Gasteiger partial charge in [-0.1, -0.05) is 48.5 Å². The van der Waals surface area contributed by atoms with E-state index in [9.17, 15) is 45.4 Å². The number of methoxy groups -OCH3 is 1. The molecule has 14 heteroatoms. The van der Waals surface area contributed by atoms with Crippen LogP contribution in [-0.4, -0.2) is 91.2 Å². The van der Waals surface area contributed by atoms with Crippen LogP contribution >= 0.6 is 0 Å². The SMILES string of the molecule is COc1cccc(CN2CCC(F)CC2)c1-c1cccc2c(C[C@H](NC(=O)C3(C(F)(F)F)CCN(CC(F)(F)F)CC3)C(=O)O)cccc12. The Kier molecular flexibility index (Phi) is 10.8. The van der Waals surface area contributed by atoms with Crippen molar-refractivity contribution in [3.8, 4) is 16.9 Å². The van der Waals surface area contributed by atoms with Gasteiger partial charge in [-0.3, -0.25) is 14.6 Å². The topological polar surface area (TPSA) is 82.1 Å². The smallest absolute Gasteiger partial charge is 0.403 e. The van der Waals surface area contributed by atoms with E-state index in [-0.39, 0.29) is 6.42 Å². The van der Waals surface area contributed by atoms with Crippen LogP contribution in [0.5, 0.6) is 5.75 Å². The Morgan fingerprint density at radius 1 is 0.898 bits per heavy atom. The minimum Gasteiger partial charge on any atom is -0.496 e. The lowest BCUT2D eigenvalue weighted by molar-refractivity contribution is -0.236. The van der Waals surface area contributed by atoms with E-state index in [0.29, 0.717) is 54.6 Å². The Balaban J connectivity index is 1.43. The number of nitrogens with zero attached hydrogens (tertiary/aromatic N) is 2. The van der Waals surface area contributed by atoms with Crippen LogP contribution in [-0.2, 0) is 22.6 Å². The lowest BCUT2D eigenvalue weighted by Crippen LogP contribution is -2.59. The fourth-order valence-corrected chi connectivity index (χ4v) is 6.96. The van der Waals surface area contributed by atoms with Gasteiger partial charge in [0.1, 0.15) is 23.4 Å². The highest BCUT2D eigenvalue weighted by Crippen LogP contribution is 2.47. The number of likely N-dealkylation sites (tertiary alicyclic amines) is 2. The van der Waals surface area contributed by atoms with Gasteiger partial charge in [0.2, 0.25) is 5.91 Å². The summed E-state index contributed by atoms with van der Waals surface area (Å²) < 4.78 is 101. The normalized spacial score (nSPS) is 18.7. The Morgan fingerprint density at radius 3 is 2.12 bits per heavy atom. The summed E-state index contributed by atoms with van der Waals surface area (Å²) >= 11 is 0. The van der Waals surface area contributed by atoms with Gasteiger partial charge in [0, 0.05) is 31.6 Å². The molecule has 2 N–H and O–H groups in total. The van der Waals surface area contributed by atoms with Crippen molar-refractivity contribution in [1.82, 2.24) is 15.1 Å². The molecule has 0 aromatic heterocycles. The first-order valence-corrected chi connectivity index (χ1v) is 16.0. The first-order chi connectivity index (χ1) is 23.1. The molecular weight excluding hydrogens is 659 g/mol. The number of carbonyl (C=O) groups excluding carboxylic acids is 1. The highest BCUT2D eigenvalue weighted by molar-refractivity contribution is 6.00. The van der Waals surface area contributed by atoms with E-state index in [0.717, 1.165) is 21.6 Å². The van der Waals surface area contributed by atoms with Crippen LogP contribution in [0.25, 0.3) is 21.9 Å². The molecule has 2 aliphatic rings. The monoisotopic (exact) mass is 697 g/mol. The number of carbonyl (C=O) groups is 2. The molecule has 266 valence electrons. The largest absolute Gasteiger partial charge is 0.496 e. The quantitative estimate of drug-likeness (QED) is 0.228. The Morgan fingerprint density at radius 2 is 1.51 bits per heavy atom. The zero-order valence-electron chi connectivity index (χ0n) is 26.8. The minimum atomic E-state index is -5.12. The van der Waals surface area contributed by atoms with E-state index in [2.05, 4.69) is 10.2 Å². The number of amides is 1. The van der Waals surface area contributed by atoms with Crippen LogP contribution in [0.4, 0.5) is 30.7 Å². The molecule has 0 spiro atoms. The number of ether oxygens (including phenoxy) is 1. The fraction of sp³-hybridized carbons (Fsp3) is 0.486. The molecule has 0 saturated carbocycles. The number of fused-ring (bicyclic) bond motifs is 1. The molecule has 0 bridgehead atoms. The van der Waals surface area contributed by atoms with Gasteiger partial charge < -0.3 is 15.2 Å². The summed E-state index contributed by atoms with van der Waals surface area (Å²) in [6.07, 6.45) is -11.9. The molecule has 1 atom stereocenters. The van der Waals surface area contributed by atoms with Gasteiger partial charge in [-0.05, 0) is 72.3 Å². The maximum absolute atomic E-state index is 14.4. The van der Waals surface area contributed by atoms with Crippen LogP contribution in [0.2, 0.25) is 0 Å². The average molecular weight is 698 g/mol. The van der Waals surface area contributed by atoms with Crippen molar-refractivity contribution in [3.05, 3.63) is 65.7 Å². The molecule has 2 fully saturated rings. The summed E-state index contributed by atoms with van der Waals surface area (Å²) in [6.45, 7) is -0.928. The standard InChI is InChI=1S/C35H38F7N3O4/c1-49-29-10-3-6-23(20-44-15-11-24(36)12-16-44)30(29)27-9-4-7-25-22(5-2-8-26(25)27)19-28(31(46)47)43-32(48)33(35(40,41)42)13-17-45(18-14-33)21-34(37,38)39/h2-10,24,28H,11-21H2,1H3,(H,43,48)(H,46,47)/t28-/m0/s1. The summed E-state index contributed by atoms with van der Waals surface area (Å²) in [5.74, 6) is -2.54. The third-order valence-electron chi connectivity index (χ3n) is 9.64. The van der Waals surface area contributed by atoms with Crippen molar-refractivity contribution in [3.63, 3.8) is 0 Å². The van der Waals surface area contributed by atoms with Gasteiger partial charge in [0.25, 0.3) is 0 Å². The van der Waals surface area contributed by atoms with Crippen molar-refractivity contribution in [1.29, 1.82) is 0 Å². The van der Waals surface area contributed by atoms with Crippen LogP contribution in [0.15, 0.2) is 54.6 Å². The van der Waals surface area contributed by atoms with E-state index >= 15 is 0 Å². The summed E-state index contributed by atoms with van der Waals surface area (Å²) in [6, 6.07) is 14.5. The maximum Gasteiger partial charge on any atom is 0.403 e. The molecule has 3 aromatic rings. The average Bonchev–Trinajstić information content (AvgIpc) is 3.04. The molecule has 2 heterocycles. The number of aliphatic carboxylic acids is 1. The van der Waals surface area contributed by atoms with Gasteiger partial charge >= 0.3 is 18.3 Å². The molecule has 49 heavy (non-hydrogen) atoms. The van der Waals surface area contributed by atoms with Gasteiger partial charge in [0.05, 0.1) is 13.7 Å². The number of rotatable bonds is 10. The van der Waals surface area contributed by atoms with Crippen molar-refractivity contribution >= 4 is 22.6 Å². The second-order valence-electron chi connectivity index (χ2n) is 12.8. The van der Waals surface area contributed by atoms with Crippen molar-refractivity contribution in [2.24, 2.45) is 5.41 Å². The molecular formula is C35H38F7N3O4. The van der Waals surface area contributed by atoms with E-state index < -0.39 is 74.3 Å². The van der Waals surface area contributed by atoms with E-state index in [1.54, 1.807) is 31.4 Å². The maximum atomic E-state index is 14.4. The van der Waals surface area contributed by atoms with Crippen LogP contribution < -0.4 is 10.1 Å². The first-order valence-electron chi connectivity index (χ1n) is 16.0. The van der Waals surface area contributed by atoms with Gasteiger partial charge in [-0.2, -0.15) is 26.3 Å². The van der Waals surface area contributed by atoms with Crippen molar-refractivity contribution < 1.29 is 50.2 Å². The van der Waals surface area contributed by atoms with Gasteiger partial charge in [-0.25, -0.2) is 9.18 Å².